The predicted octanol–water partition coefficient (Wildman–Crippen LogP) is 2.29. The number of hydrogen-bond donors (Lipinski definition) is 2. The third kappa shape index (κ3) is 4.26. The van der Waals surface area contributed by atoms with Crippen molar-refractivity contribution in [3.63, 3.8) is 0 Å². The van der Waals surface area contributed by atoms with Gasteiger partial charge in [0.2, 0.25) is 0 Å². The van der Waals surface area contributed by atoms with Gasteiger partial charge < -0.3 is 19.9 Å². The quantitative estimate of drug-likeness (QED) is 0.708. The summed E-state index contributed by atoms with van der Waals surface area (Å²) < 4.78 is 10.7. The van der Waals surface area contributed by atoms with Crippen molar-refractivity contribution < 1.29 is 14.6 Å². The number of ether oxygens (including phenoxy) is 2. The molecule has 0 aliphatic carbocycles. The first kappa shape index (κ1) is 15.5. The lowest BCUT2D eigenvalue weighted by molar-refractivity contribution is 0.186. The summed E-state index contributed by atoms with van der Waals surface area (Å²) in [4.78, 5) is 0. The zero-order valence-corrected chi connectivity index (χ0v) is 11.8. The number of aliphatic hydroxyl groups is 1. The van der Waals surface area contributed by atoms with Gasteiger partial charge in [-0.2, -0.15) is 0 Å². The molecule has 2 unspecified atom stereocenters. The van der Waals surface area contributed by atoms with Gasteiger partial charge in [-0.25, -0.2) is 0 Å². The number of rotatable bonds is 8. The molecule has 4 heteroatoms. The van der Waals surface area contributed by atoms with Crippen LogP contribution in [0.1, 0.15) is 24.9 Å². The van der Waals surface area contributed by atoms with Gasteiger partial charge in [0.1, 0.15) is 0 Å². The molecule has 0 saturated heterocycles. The van der Waals surface area contributed by atoms with Crippen LogP contribution in [0.5, 0.6) is 11.5 Å². The summed E-state index contributed by atoms with van der Waals surface area (Å²) in [6, 6.07) is 5.82. The lowest BCUT2D eigenvalue weighted by Crippen LogP contribution is -2.28. The Kier molecular flexibility index (Phi) is 6.39. The normalized spacial score (nSPS) is 13.7. The van der Waals surface area contributed by atoms with Crippen molar-refractivity contribution in [2.45, 2.75) is 25.5 Å². The molecule has 0 radical (unpaired) electrons. The Morgan fingerprint density at radius 3 is 2.63 bits per heavy atom. The van der Waals surface area contributed by atoms with Crippen LogP contribution in [0.25, 0.3) is 0 Å². The van der Waals surface area contributed by atoms with Gasteiger partial charge in [-0.15, -0.1) is 6.58 Å². The lowest BCUT2D eigenvalue weighted by Gasteiger charge is -2.22. The summed E-state index contributed by atoms with van der Waals surface area (Å²) >= 11 is 0. The highest BCUT2D eigenvalue weighted by atomic mass is 16.5. The van der Waals surface area contributed by atoms with E-state index >= 15 is 0 Å². The highest BCUT2D eigenvalue weighted by Gasteiger charge is 2.18. The Hall–Kier alpha value is -1.52. The maximum atomic E-state index is 9.40. The average molecular weight is 265 g/mol. The van der Waals surface area contributed by atoms with Crippen LogP contribution in [0.3, 0.4) is 0 Å². The van der Waals surface area contributed by atoms with E-state index in [0.717, 1.165) is 17.7 Å². The zero-order chi connectivity index (χ0) is 14.3. The Bertz CT molecular complexity index is 404. The van der Waals surface area contributed by atoms with Gasteiger partial charge in [0.25, 0.3) is 0 Å². The first-order valence-electron chi connectivity index (χ1n) is 6.37. The second-order valence-electron chi connectivity index (χ2n) is 4.42. The monoisotopic (exact) mass is 265 g/mol. The molecule has 0 aliphatic rings. The molecule has 19 heavy (non-hydrogen) atoms. The summed E-state index contributed by atoms with van der Waals surface area (Å²) in [5.41, 5.74) is 1.00. The summed E-state index contributed by atoms with van der Waals surface area (Å²) in [6.07, 6.45) is 2.19. The van der Waals surface area contributed by atoms with Gasteiger partial charge in [-0.3, -0.25) is 0 Å². The van der Waals surface area contributed by atoms with Crippen LogP contribution in [0.2, 0.25) is 0 Å². The molecular weight excluding hydrogens is 242 g/mol. The van der Waals surface area contributed by atoms with Gasteiger partial charge in [-0.05, 0) is 19.4 Å². The molecule has 1 rings (SSSR count). The minimum atomic E-state index is -0.399. The molecule has 2 atom stereocenters. The number of methoxy groups -OCH3 is 2. The van der Waals surface area contributed by atoms with Gasteiger partial charge in [0, 0.05) is 18.2 Å². The van der Waals surface area contributed by atoms with Crippen LogP contribution in [0.4, 0.5) is 0 Å². The van der Waals surface area contributed by atoms with Crippen LogP contribution < -0.4 is 14.8 Å². The fourth-order valence-electron chi connectivity index (χ4n) is 1.99. The van der Waals surface area contributed by atoms with E-state index in [1.165, 1.54) is 0 Å². The molecule has 0 heterocycles. The van der Waals surface area contributed by atoms with Gasteiger partial charge in [-0.1, -0.05) is 18.2 Å². The molecular formula is C15H23NO3. The molecule has 0 spiro atoms. The smallest absolute Gasteiger partial charge is 0.165 e. The van der Waals surface area contributed by atoms with E-state index < -0.39 is 6.10 Å². The lowest BCUT2D eigenvalue weighted by atomic mass is 10.0. The highest BCUT2D eigenvalue weighted by Crippen LogP contribution is 2.35. The van der Waals surface area contributed by atoms with Gasteiger partial charge in [0.15, 0.2) is 11.5 Å². The molecule has 0 aliphatic heterocycles. The molecule has 0 bridgehead atoms. The van der Waals surface area contributed by atoms with E-state index in [1.54, 1.807) is 21.1 Å². The van der Waals surface area contributed by atoms with Crippen LogP contribution in [0, 0.1) is 0 Å². The number of hydrogen-bond acceptors (Lipinski definition) is 4. The highest BCUT2D eigenvalue weighted by molar-refractivity contribution is 5.48. The summed E-state index contributed by atoms with van der Waals surface area (Å²) in [6.45, 7) is 6.04. The molecule has 2 N–H and O–H groups in total. The van der Waals surface area contributed by atoms with Gasteiger partial charge in [0.05, 0.1) is 20.3 Å². The van der Waals surface area contributed by atoms with Crippen molar-refractivity contribution in [2.24, 2.45) is 0 Å². The average Bonchev–Trinajstić information content (AvgIpc) is 2.42. The predicted molar refractivity (Wildman–Crippen MR) is 76.8 cm³/mol. The number of aliphatic hydroxyl groups excluding tert-OH is 1. The van der Waals surface area contributed by atoms with E-state index in [0.29, 0.717) is 12.3 Å². The Balaban J connectivity index is 3.03. The first-order chi connectivity index (χ1) is 9.13. The van der Waals surface area contributed by atoms with Crippen molar-refractivity contribution in [3.05, 3.63) is 36.4 Å². The zero-order valence-electron chi connectivity index (χ0n) is 11.8. The molecule has 1 aromatic rings. The second kappa shape index (κ2) is 7.81. The summed E-state index contributed by atoms with van der Waals surface area (Å²) in [7, 11) is 3.24. The van der Waals surface area contributed by atoms with Crippen molar-refractivity contribution >= 4 is 0 Å². The number of para-hydroxylation sites is 1. The maximum absolute atomic E-state index is 9.40. The maximum Gasteiger partial charge on any atom is 0.165 e. The van der Waals surface area contributed by atoms with Crippen molar-refractivity contribution in [2.75, 3.05) is 20.8 Å². The second-order valence-corrected chi connectivity index (χ2v) is 4.42. The van der Waals surface area contributed by atoms with Crippen molar-refractivity contribution in [1.82, 2.24) is 5.32 Å². The Morgan fingerprint density at radius 2 is 2.11 bits per heavy atom. The summed E-state index contributed by atoms with van der Waals surface area (Å²) in [5.74, 6) is 1.42. The molecule has 0 fully saturated rings. The number of nitrogens with one attached hydrogen (secondary N) is 1. The minimum absolute atomic E-state index is 0.0390. The van der Waals surface area contributed by atoms with E-state index in [1.807, 2.05) is 24.3 Å². The molecule has 0 saturated carbocycles. The van der Waals surface area contributed by atoms with Crippen LogP contribution in [-0.2, 0) is 0 Å². The minimum Gasteiger partial charge on any atom is -0.493 e. The van der Waals surface area contributed by atoms with E-state index in [4.69, 9.17) is 9.47 Å². The third-order valence-electron chi connectivity index (χ3n) is 2.87. The summed E-state index contributed by atoms with van der Waals surface area (Å²) in [5, 5.41) is 12.7. The van der Waals surface area contributed by atoms with Crippen LogP contribution in [-0.4, -0.2) is 32.0 Å². The topological polar surface area (TPSA) is 50.7 Å². The molecule has 1 aromatic carbocycles. The molecule has 106 valence electrons. The van der Waals surface area contributed by atoms with Crippen LogP contribution >= 0.6 is 0 Å². The largest absolute Gasteiger partial charge is 0.493 e. The Labute approximate surface area is 115 Å². The standard InChI is InChI=1S/C15H23NO3/c1-5-7-13(16-10-11(2)17)12-8-6-9-14(18-3)15(12)19-4/h5-6,8-9,11,13,16-17H,1,7,10H2,2-4H3. The van der Waals surface area contributed by atoms with E-state index in [2.05, 4.69) is 11.9 Å². The van der Waals surface area contributed by atoms with Crippen molar-refractivity contribution in [1.29, 1.82) is 0 Å². The SMILES string of the molecule is C=CCC(NCC(C)O)c1cccc(OC)c1OC. The van der Waals surface area contributed by atoms with Crippen molar-refractivity contribution in [3.8, 4) is 11.5 Å². The fourth-order valence-corrected chi connectivity index (χ4v) is 1.99. The molecule has 0 amide bonds. The molecule has 4 nitrogen and oxygen atoms in total. The van der Waals surface area contributed by atoms with E-state index in [9.17, 15) is 5.11 Å². The third-order valence-corrected chi connectivity index (χ3v) is 2.87. The molecule has 0 aromatic heterocycles. The Morgan fingerprint density at radius 1 is 1.37 bits per heavy atom. The van der Waals surface area contributed by atoms with Crippen LogP contribution in [0.15, 0.2) is 30.9 Å². The van der Waals surface area contributed by atoms with Gasteiger partial charge >= 0.3 is 0 Å². The number of benzene rings is 1. The fraction of sp³-hybridized carbons (Fsp3) is 0.467. The van der Waals surface area contributed by atoms with E-state index in [-0.39, 0.29) is 6.04 Å². The first-order valence-corrected chi connectivity index (χ1v) is 6.37.